The van der Waals surface area contributed by atoms with Crippen molar-refractivity contribution in [3.8, 4) is 22.8 Å². The number of hydrogen-bond donors (Lipinski definition) is 4. The van der Waals surface area contributed by atoms with Crippen LogP contribution in [-0.4, -0.2) is 54.6 Å². The average molecular weight is 576 g/mol. The van der Waals surface area contributed by atoms with Gasteiger partial charge in [-0.3, -0.25) is 4.79 Å². The molecule has 5 rings (SSSR count). The highest BCUT2D eigenvalue weighted by Crippen LogP contribution is 2.52. The number of alkyl halides is 2. The Morgan fingerprint density at radius 1 is 1.02 bits per heavy atom. The van der Waals surface area contributed by atoms with Crippen LogP contribution in [0.4, 0.5) is 14.6 Å². The summed E-state index contributed by atoms with van der Waals surface area (Å²) in [4.78, 5) is 17.8. The fourth-order valence-corrected chi connectivity index (χ4v) is 5.82. The Morgan fingerprint density at radius 3 is 2.30 bits per heavy atom. The lowest BCUT2D eigenvalue weighted by molar-refractivity contribution is -0.286. The number of nitrogens with zero attached hydrogens (tertiary/aromatic N) is 1. The third kappa shape index (κ3) is 5.24. The van der Waals surface area contributed by atoms with E-state index in [-0.39, 0.29) is 28.1 Å². The number of carbonyl (C=O) groups excluding carboxylic acids is 1. The van der Waals surface area contributed by atoms with E-state index in [9.17, 15) is 32.2 Å². The van der Waals surface area contributed by atoms with Gasteiger partial charge in [0.25, 0.3) is 0 Å². The first-order chi connectivity index (χ1) is 18.8. The van der Waals surface area contributed by atoms with Crippen molar-refractivity contribution >= 4 is 21.7 Å². The maximum absolute atomic E-state index is 13.4. The molecule has 0 spiro atoms. The molecule has 2 heterocycles. The molecule has 1 fully saturated rings. The maximum atomic E-state index is 13.4. The first-order valence-corrected chi connectivity index (χ1v) is 13.8. The second kappa shape index (κ2) is 9.77. The summed E-state index contributed by atoms with van der Waals surface area (Å²) in [6.07, 6.45) is -2.72. The van der Waals surface area contributed by atoms with E-state index in [0.717, 1.165) is 5.56 Å². The number of rotatable bonds is 9. The lowest BCUT2D eigenvalue weighted by atomic mass is 9.94. The zero-order valence-electron chi connectivity index (χ0n) is 21.6. The van der Waals surface area contributed by atoms with Gasteiger partial charge in [0.2, 0.25) is 15.9 Å². The molecule has 0 bridgehead atoms. The topological polar surface area (TPSA) is 147 Å². The summed E-state index contributed by atoms with van der Waals surface area (Å²) in [7, 11) is -4.03. The van der Waals surface area contributed by atoms with Crippen molar-refractivity contribution in [2.45, 2.75) is 48.8 Å². The Balaban J connectivity index is 1.34. The second-order valence-corrected chi connectivity index (χ2v) is 11.9. The highest BCUT2D eigenvalue weighted by atomic mass is 32.2. The molecule has 13 heteroatoms. The minimum Gasteiger partial charge on any atom is -0.395 e. The molecule has 1 aliphatic heterocycles. The predicted molar refractivity (Wildman–Crippen MR) is 139 cm³/mol. The van der Waals surface area contributed by atoms with E-state index >= 15 is 0 Å². The molecule has 1 amide bonds. The summed E-state index contributed by atoms with van der Waals surface area (Å²) >= 11 is 0. The monoisotopic (exact) mass is 575 g/mol. The third-order valence-corrected chi connectivity index (χ3v) is 8.65. The molecular weight excluding hydrogens is 548 g/mol. The van der Waals surface area contributed by atoms with Gasteiger partial charge in [-0.15, -0.1) is 8.78 Å². The minimum absolute atomic E-state index is 0.0661. The molecular formula is C27H27F2N3O7S. The molecule has 0 saturated heterocycles. The van der Waals surface area contributed by atoms with Gasteiger partial charge in [-0.25, -0.2) is 18.1 Å². The van der Waals surface area contributed by atoms with E-state index in [1.807, 2.05) is 6.92 Å². The molecule has 2 aromatic carbocycles. The lowest BCUT2D eigenvalue weighted by Gasteiger charge is -2.25. The predicted octanol–water partition coefficient (Wildman–Crippen LogP) is 3.07. The Bertz CT molecular complexity index is 1570. The van der Waals surface area contributed by atoms with Crippen LogP contribution in [0.5, 0.6) is 11.5 Å². The fraction of sp³-hybridized carbons (Fsp3) is 0.333. The number of carbonyl (C=O) groups is 1. The summed E-state index contributed by atoms with van der Waals surface area (Å²) < 4.78 is 63.6. The number of aryl methyl sites for hydroxylation is 1. The van der Waals surface area contributed by atoms with Gasteiger partial charge in [-0.1, -0.05) is 24.3 Å². The summed E-state index contributed by atoms with van der Waals surface area (Å²) in [5, 5.41) is 21.7. The van der Waals surface area contributed by atoms with Crippen LogP contribution in [0.1, 0.15) is 30.9 Å². The molecule has 10 nitrogen and oxygen atoms in total. The van der Waals surface area contributed by atoms with Crippen molar-refractivity contribution in [1.29, 1.82) is 0 Å². The SMILES string of the molecule is Cc1ccc(NC(=O)C2(c3ccc4c(c3)OC(F)(F)O4)CC2)nc1-c1ccc(S(=O)(=O)NC(C)(CO)CO)cc1. The standard InChI is InChI=1S/C27H27F2N3O7S/c1-16-3-10-22(30-23(16)17-4-7-19(8-5-17)40(36,37)32-25(2,14-33)15-34)31-24(35)26(11-12-26)18-6-9-20-21(13-18)39-27(28,29)38-20/h3-10,13,32-34H,11-12,14-15H2,1-2H3,(H,30,31,35). The number of aliphatic hydroxyl groups is 2. The van der Waals surface area contributed by atoms with E-state index in [0.29, 0.717) is 29.7 Å². The molecule has 40 heavy (non-hydrogen) atoms. The van der Waals surface area contributed by atoms with Gasteiger partial charge in [0, 0.05) is 5.56 Å². The van der Waals surface area contributed by atoms with Crippen LogP contribution < -0.4 is 19.5 Å². The summed E-state index contributed by atoms with van der Waals surface area (Å²) in [5.74, 6) is -0.302. The number of pyridine rings is 1. The molecule has 0 unspecified atom stereocenters. The molecule has 4 N–H and O–H groups in total. The van der Waals surface area contributed by atoms with Crippen molar-refractivity contribution in [2.75, 3.05) is 18.5 Å². The Kier molecular flexibility index (Phi) is 6.81. The lowest BCUT2D eigenvalue weighted by Crippen LogP contribution is -2.51. The molecule has 1 saturated carbocycles. The van der Waals surface area contributed by atoms with E-state index in [1.54, 1.807) is 30.3 Å². The van der Waals surface area contributed by atoms with Gasteiger partial charge < -0.3 is 25.0 Å². The number of benzene rings is 2. The van der Waals surface area contributed by atoms with Crippen LogP contribution in [0.15, 0.2) is 59.5 Å². The highest BCUT2D eigenvalue weighted by Gasteiger charge is 2.53. The zero-order chi connectivity index (χ0) is 28.9. The van der Waals surface area contributed by atoms with Crippen molar-refractivity contribution in [1.82, 2.24) is 9.71 Å². The molecule has 0 atom stereocenters. The molecule has 212 valence electrons. The number of ether oxygens (including phenoxy) is 2. The number of sulfonamides is 1. The van der Waals surface area contributed by atoms with Crippen molar-refractivity contribution in [2.24, 2.45) is 0 Å². The highest BCUT2D eigenvalue weighted by molar-refractivity contribution is 7.89. The van der Waals surface area contributed by atoms with Crippen LogP contribution in [0.2, 0.25) is 0 Å². The van der Waals surface area contributed by atoms with Crippen LogP contribution in [0.25, 0.3) is 11.3 Å². The van der Waals surface area contributed by atoms with Crippen LogP contribution >= 0.6 is 0 Å². The van der Waals surface area contributed by atoms with Crippen molar-refractivity contribution in [3.63, 3.8) is 0 Å². The molecule has 1 aliphatic carbocycles. The zero-order valence-corrected chi connectivity index (χ0v) is 22.4. The average Bonchev–Trinajstić information content (AvgIpc) is 3.66. The van der Waals surface area contributed by atoms with Crippen LogP contribution in [0, 0.1) is 6.92 Å². The summed E-state index contributed by atoms with van der Waals surface area (Å²) in [6.45, 7) is 2.02. The number of halogens is 2. The van der Waals surface area contributed by atoms with Crippen molar-refractivity contribution in [3.05, 3.63) is 65.7 Å². The first-order valence-electron chi connectivity index (χ1n) is 12.4. The Labute approximate surface area is 229 Å². The Hall–Kier alpha value is -3.65. The molecule has 3 aromatic rings. The van der Waals surface area contributed by atoms with E-state index in [1.165, 1.54) is 31.2 Å². The minimum atomic E-state index is -4.03. The van der Waals surface area contributed by atoms with Gasteiger partial charge in [-0.2, -0.15) is 0 Å². The summed E-state index contributed by atoms with van der Waals surface area (Å²) in [5.41, 5.74) is 0.0769. The number of aromatic nitrogens is 1. The van der Waals surface area contributed by atoms with Crippen LogP contribution in [-0.2, 0) is 20.2 Å². The van der Waals surface area contributed by atoms with Gasteiger partial charge in [0.1, 0.15) is 5.82 Å². The number of aliphatic hydroxyl groups excluding tert-OH is 2. The van der Waals surface area contributed by atoms with E-state index in [4.69, 9.17) is 0 Å². The fourth-order valence-electron chi connectivity index (χ4n) is 4.43. The van der Waals surface area contributed by atoms with Gasteiger partial charge in [0.05, 0.1) is 34.8 Å². The number of anilines is 1. The summed E-state index contributed by atoms with van der Waals surface area (Å²) in [6, 6.07) is 13.6. The number of hydrogen-bond acceptors (Lipinski definition) is 8. The second-order valence-electron chi connectivity index (χ2n) is 10.2. The number of nitrogens with one attached hydrogen (secondary N) is 2. The Morgan fingerprint density at radius 2 is 1.68 bits per heavy atom. The number of fused-ring (bicyclic) bond motifs is 1. The third-order valence-electron chi connectivity index (χ3n) is 6.99. The molecule has 2 aliphatic rings. The smallest absolute Gasteiger partial charge is 0.395 e. The maximum Gasteiger partial charge on any atom is 0.586 e. The van der Waals surface area contributed by atoms with Gasteiger partial charge in [-0.05, 0) is 68.1 Å². The largest absolute Gasteiger partial charge is 0.586 e. The first kappa shape index (κ1) is 27.9. The van der Waals surface area contributed by atoms with Gasteiger partial charge >= 0.3 is 6.29 Å². The molecule has 1 aromatic heterocycles. The molecule has 0 radical (unpaired) electrons. The number of amides is 1. The van der Waals surface area contributed by atoms with Crippen molar-refractivity contribution < 1.29 is 41.7 Å². The van der Waals surface area contributed by atoms with Gasteiger partial charge in [0.15, 0.2) is 11.5 Å². The normalized spacial score (nSPS) is 16.9. The van der Waals surface area contributed by atoms with E-state index in [2.05, 4.69) is 24.5 Å². The van der Waals surface area contributed by atoms with E-state index < -0.39 is 40.5 Å². The quantitative estimate of drug-likeness (QED) is 0.305. The van der Waals surface area contributed by atoms with Crippen LogP contribution in [0.3, 0.4) is 0 Å².